The van der Waals surface area contributed by atoms with Crippen molar-refractivity contribution in [2.24, 2.45) is 0 Å². The SMILES string of the molecule is CCc1ccc(COc2cc(-c3cc(OC)cc(C(C)(C)C)c3Op3oc4ccccc4c4ccccc4o3)c(Op3oc4ccccc4c4ccccc4o3)c(C(C)(C)C)c2)cc1. The Hall–Kier alpha value is -6.46. The van der Waals surface area contributed by atoms with E-state index in [4.69, 9.17) is 35.3 Å². The summed E-state index contributed by atoms with van der Waals surface area (Å²) in [5, 5.41) is 3.69. The van der Waals surface area contributed by atoms with E-state index in [0.29, 0.717) is 63.1 Å². The van der Waals surface area contributed by atoms with Gasteiger partial charge in [0.15, 0.2) is 0 Å². The van der Waals surface area contributed by atoms with E-state index in [1.54, 1.807) is 7.11 Å². The van der Waals surface area contributed by atoms with Gasteiger partial charge in [-0.25, -0.2) is 0 Å². The van der Waals surface area contributed by atoms with Crippen molar-refractivity contribution in [1.29, 1.82) is 0 Å². The van der Waals surface area contributed by atoms with E-state index in [2.05, 4.69) is 78.8 Å². The van der Waals surface area contributed by atoms with Gasteiger partial charge in [0.2, 0.25) is 0 Å². The number of methoxy groups -OCH3 is 1. The van der Waals surface area contributed by atoms with E-state index in [1.807, 2.05) is 115 Å². The number of para-hydroxylation sites is 4. The third-order valence-electron chi connectivity index (χ3n) is 11.3. The molecular formula is C54H52O8P2. The molecule has 0 bridgehead atoms. The molecule has 0 aliphatic heterocycles. The van der Waals surface area contributed by atoms with E-state index in [-0.39, 0.29) is 0 Å². The number of ether oxygens (including phenoxy) is 2. The minimum atomic E-state index is -2.06. The van der Waals surface area contributed by atoms with Crippen LogP contribution in [0.3, 0.4) is 0 Å². The standard InChI is InChI=1S/C54H52O8P2/c1-9-35-26-28-36(29-27-35)34-56-38-31-44(52(46(33-38)54(5,6)7)62-64-59-49-24-16-12-20-41(49)42-21-13-17-25-50(42)60-64)43-30-37(55-8)32-45(53(2,3)4)51(43)61-63-57-47-22-14-10-18-39(47)40-19-11-15-23-48(40)58-63/h10-33H,9,34H2,1-8H3. The molecule has 9 aromatic rings. The molecule has 0 saturated carbocycles. The van der Waals surface area contributed by atoms with Crippen molar-refractivity contribution in [3.63, 3.8) is 0 Å². The average molecular weight is 891 g/mol. The van der Waals surface area contributed by atoms with Crippen LogP contribution in [0, 0.1) is 0 Å². The molecule has 2 aromatic heterocycles. The van der Waals surface area contributed by atoms with Crippen LogP contribution in [0.4, 0.5) is 0 Å². The Kier molecular flexibility index (Phi) is 11.8. The van der Waals surface area contributed by atoms with Crippen molar-refractivity contribution in [3.05, 3.63) is 168 Å². The third kappa shape index (κ3) is 8.86. The summed E-state index contributed by atoms with van der Waals surface area (Å²) in [5.74, 6) is 2.40. The van der Waals surface area contributed by atoms with E-state index < -0.39 is 27.3 Å². The Morgan fingerprint density at radius 1 is 0.453 bits per heavy atom. The Bertz CT molecular complexity index is 3110. The first-order chi connectivity index (χ1) is 30.9. The fraction of sp³-hybridized carbons (Fsp3) is 0.222. The van der Waals surface area contributed by atoms with E-state index in [0.717, 1.165) is 44.7 Å². The molecule has 2 heterocycles. The summed E-state index contributed by atoms with van der Waals surface area (Å²) in [6, 6.07) is 48.4. The van der Waals surface area contributed by atoms with Gasteiger partial charge in [-0.1, -0.05) is 146 Å². The molecule has 0 amide bonds. The Morgan fingerprint density at radius 3 is 1.19 bits per heavy atom. The Balaban J connectivity index is 1.32. The van der Waals surface area contributed by atoms with Gasteiger partial charge in [-0.05, 0) is 76.9 Å². The van der Waals surface area contributed by atoms with Crippen molar-refractivity contribution < 1.29 is 35.3 Å². The maximum atomic E-state index is 7.20. The second kappa shape index (κ2) is 17.6. The zero-order valence-corrected chi connectivity index (χ0v) is 39.2. The number of rotatable bonds is 10. The van der Waals surface area contributed by atoms with Crippen LogP contribution in [0.25, 0.3) is 55.0 Å². The highest BCUT2D eigenvalue weighted by Gasteiger charge is 2.31. The van der Waals surface area contributed by atoms with Crippen LogP contribution in [-0.4, -0.2) is 7.11 Å². The predicted molar refractivity (Wildman–Crippen MR) is 261 cm³/mol. The van der Waals surface area contributed by atoms with Gasteiger partial charge in [0.1, 0.15) is 51.9 Å². The van der Waals surface area contributed by atoms with Crippen LogP contribution >= 0.6 is 16.5 Å². The number of hydrogen-bond acceptors (Lipinski definition) is 8. The highest BCUT2D eigenvalue weighted by atomic mass is 31.1. The molecule has 64 heavy (non-hydrogen) atoms. The van der Waals surface area contributed by atoms with Crippen molar-refractivity contribution in [3.8, 4) is 34.1 Å². The van der Waals surface area contributed by atoms with Gasteiger partial charge in [-0.15, -0.1) is 0 Å². The fourth-order valence-electron chi connectivity index (χ4n) is 7.81. The monoisotopic (exact) mass is 890 g/mol. The molecule has 10 heteroatoms. The van der Waals surface area contributed by atoms with Crippen molar-refractivity contribution in [2.45, 2.75) is 72.3 Å². The predicted octanol–water partition coefficient (Wildman–Crippen LogP) is 17.0. The lowest BCUT2D eigenvalue weighted by Crippen LogP contribution is -2.15. The number of aryl methyl sites for hydroxylation is 1. The highest BCUT2D eigenvalue weighted by Crippen LogP contribution is 2.53. The Morgan fingerprint density at radius 2 is 0.812 bits per heavy atom. The van der Waals surface area contributed by atoms with Gasteiger partial charge in [0.05, 0.1) is 7.11 Å². The highest BCUT2D eigenvalue weighted by molar-refractivity contribution is 7.32. The quantitative estimate of drug-likeness (QED) is 0.134. The average Bonchev–Trinajstić information content (AvgIpc) is 3.55. The summed E-state index contributed by atoms with van der Waals surface area (Å²) in [7, 11) is -2.45. The zero-order chi connectivity index (χ0) is 44.6. The van der Waals surface area contributed by atoms with Gasteiger partial charge in [-0.3, -0.25) is 0 Å². The number of benzene rings is 7. The molecule has 0 N–H and O–H groups in total. The van der Waals surface area contributed by atoms with Gasteiger partial charge in [-0.2, -0.15) is 0 Å². The molecular weight excluding hydrogens is 839 g/mol. The summed E-state index contributed by atoms with van der Waals surface area (Å²) >= 11 is 0. The smallest absolute Gasteiger partial charge is 0.453 e. The van der Waals surface area contributed by atoms with E-state index >= 15 is 0 Å². The second-order valence-corrected chi connectivity index (χ2v) is 19.8. The first-order valence-corrected chi connectivity index (χ1v) is 23.7. The normalized spacial score (nSPS) is 11.9. The fourth-order valence-corrected chi connectivity index (χ4v) is 10.0. The van der Waals surface area contributed by atoms with Crippen molar-refractivity contribution in [2.75, 3.05) is 7.11 Å². The largest absolute Gasteiger partial charge is 0.497 e. The minimum Gasteiger partial charge on any atom is -0.497 e. The van der Waals surface area contributed by atoms with Gasteiger partial charge >= 0.3 is 16.5 Å². The zero-order valence-electron chi connectivity index (χ0n) is 37.4. The first-order valence-electron chi connectivity index (χ1n) is 21.5. The van der Waals surface area contributed by atoms with Crippen molar-refractivity contribution >= 4 is 60.4 Å². The summed E-state index contributed by atoms with van der Waals surface area (Å²) in [6.07, 6.45) is 0.965. The van der Waals surface area contributed by atoms with E-state index in [1.165, 1.54) is 5.56 Å². The number of hydrogen-bond donors (Lipinski definition) is 0. The van der Waals surface area contributed by atoms with Crippen LogP contribution in [0.1, 0.15) is 70.7 Å². The Labute approximate surface area is 375 Å². The molecule has 8 nitrogen and oxygen atoms in total. The number of fused-ring (bicyclic) bond motifs is 6. The summed E-state index contributed by atoms with van der Waals surface area (Å²) in [4.78, 5) is 0. The first kappa shape index (κ1) is 42.8. The van der Waals surface area contributed by atoms with E-state index in [9.17, 15) is 0 Å². The molecule has 0 unspecified atom stereocenters. The molecule has 0 saturated heterocycles. The summed E-state index contributed by atoms with van der Waals surface area (Å²) in [5.41, 5.74) is 7.23. The summed E-state index contributed by atoms with van der Waals surface area (Å²) < 4.78 is 54.0. The molecule has 0 fully saturated rings. The van der Waals surface area contributed by atoms with Crippen LogP contribution in [0.2, 0.25) is 0 Å². The van der Waals surface area contributed by atoms with Crippen LogP contribution < -0.4 is 18.5 Å². The molecule has 0 aliphatic rings. The maximum Gasteiger partial charge on any atom is 0.453 e. The minimum absolute atomic E-state index is 0.361. The lowest BCUT2D eigenvalue weighted by Gasteiger charge is -2.28. The van der Waals surface area contributed by atoms with Gasteiger partial charge in [0.25, 0.3) is 0 Å². The molecule has 0 radical (unpaired) electrons. The van der Waals surface area contributed by atoms with Crippen LogP contribution in [-0.2, 0) is 23.9 Å². The third-order valence-corrected chi connectivity index (χ3v) is 13.3. The lowest BCUT2D eigenvalue weighted by molar-refractivity contribution is 0.305. The molecule has 0 spiro atoms. The molecule has 0 aliphatic carbocycles. The molecule has 326 valence electrons. The van der Waals surface area contributed by atoms with Crippen LogP contribution in [0.15, 0.2) is 162 Å². The maximum absolute atomic E-state index is 7.20. The topological polar surface area (TPSA) is 89.5 Å². The molecule has 9 rings (SSSR count). The van der Waals surface area contributed by atoms with Gasteiger partial charge in [0, 0.05) is 43.8 Å². The lowest BCUT2D eigenvalue weighted by atomic mass is 9.81. The second-order valence-electron chi connectivity index (χ2n) is 17.8. The van der Waals surface area contributed by atoms with Gasteiger partial charge < -0.3 is 35.3 Å². The molecule has 7 aromatic carbocycles. The molecule has 0 atom stereocenters. The van der Waals surface area contributed by atoms with Crippen molar-refractivity contribution in [1.82, 2.24) is 0 Å². The van der Waals surface area contributed by atoms with Crippen LogP contribution in [0.5, 0.6) is 23.0 Å². The summed E-state index contributed by atoms with van der Waals surface area (Å²) in [6.45, 7) is 15.5.